The number of nitrogens with zero attached hydrogens (tertiary/aromatic N) is 6. The van der Waals surface area contributed by atoms with Crippen molar-refractivity contribution in [3.05, 3.63) is 36.8 Å². The van der Waals surface area contributed by atoms with E-state index < -0.39 is 0 Å². The topological polar surface area (TPSA) is 67.2 Å². The molecule has 2 aromatic rings. The largest absolute Gasteiger partial charge is 0.353 e. The van der Waals surface area contributed by atoms with E-state index >= 15 is 0 Å². The zero-order chi connectivity index (χ0) is 16.1. The molecule has 1 unspecified atom stereocenters. The highest BCUT2D eigenvalue weighted by Crippen LogP contribution is 2.14. The quantitative estimate of drug-likeness (QED) is 0.844. The van der Waals surface area contributed by atoms with Gasteiger partial charge in [0.15, 0.2) is 5.82 Å². The van der Waals surface area contributed by atoms with Gasteiger partial charge in [0.2, 0.25) is 5.91 Å². The lowest BCUT2D eigenvalue weighted by Crippen LogP contribution is -2.39. The first kappa shape index (κ1) is 15.5. The lowest BCUT2D eigenvalue weighted by Gasteiger charge is -2.25. The maximum Gasteiger partial charge on any atom is 0.227 e. The van der Waals surface area contributed by atoms with Gasteiger partial charge in [-0.15, -0.1) is 5.10 Å². The Labute approximate surface area is 135 Å². The normalized spacial score (nSPS) is 16.9. The fourth-order valence-electron chi connectivity index (χ4n) is 2.91. The van der Waals surface area contributed by atoms with Crippen LogP contribution in [0.3, 0.4) is 0 Å². The Morgan fingerprint density at radius 1 is 1.22 bits per heavy atom. The second kappa shape index (κ2) is 7.21. The van der Waals surface area contributed by atoms with Gasteiger partial charge in [-0.1, -0.05) is 6.92 Å². The van der Waals surface area contributed by atoms with Crippen molar-refractivity contribution in [1.82, 2.24) is 24.9 Å². The number of aromatic nitrogens is 4. The first-order valence-corrected chi connectivity index (χ1v) is 8.03. The maximum absolute atomic E-state index is 12.7. The Bertz CT molecular complexity index is 615. The smallest absolute Gasteiger partial charge is 0.227 e. The zero-order valence-electron chi connectivity index (χ0n) is 13.4. The summed E-state index contributed by atoms with van der Waals surface area (Å²) >= 11 is 0. The molecule has 0 radical (unpaired) electrons. The average molecular weight is 314 g/mol. The van der Waals surface area contributed by atoms with E-state index in [2.05, 4.69) is 20.2 Å². The van der Waals surface area contributed by atoms with Crippen molar-refractivity contribution in [2.24, 2.45) is 5.92 Å². The van der Waals surface area contributed by atoms with Crippen LogP contribution in [0.2, 0.25) is 0 Å². The number of carbonyl (C=O) groups excluding carboxylic acids is 1. The van der Waals surface area contributed by atoms with Crippen LogP contribution >= 0.6 is 0 Å². The number of anilines is 1. The molecule has 1 saturated heterocycles. The minimum atomic E-state index is -0.0713. The highest BCUT2D eigenvalue weighted by molar-refractivity contribution is 5.78. The van der Waals surface area contributed by atoms with Crippen molar-refractivity contribution in [2.45, 2.75) is 19.9 Å². The fourth-order valence-corrected chi connectivity index (χ4v) is 2.91. The summed E-state index contributed by atoms with van der Waals surface area (Å²) in [4.78, 5) is 16.8. The van der Waals surface area contributed by atoms with Crippen LogP contribution in [0.4, 0.5) is 5.82 Å². The third-order valence-electron chi connectivity index (χ3n) is 4.13. The number of carbonyl (C=O) groups is 1. The Hall–Kier alpha value is -2.44. The van der Waals surface area contributed by atoms with Crippen LogP contribution in [0.25, 0.3) is 0 Å². The van der Waals surface area contributed by atoms with Gasteiger partial charge in [0, 0.05) is 44.8 Å². The predicted molar refractivity (Wildman–Crippen MR) is 86.8 cm³/mol. The van der Waals surface area contributed by atoms with Gasteiger partial charge in [-0.3, -0.25) is 9.48 Å². The van der Waals surface area contributed by atoms with Crippen LogP contribution in [0, 0.1) is 5.92 Å². The van der Waals surface area contributed by atoms with Crippen LogP contribution in [-0.2, 0) is 11.3 Å². The van der Waals surface area contributed by atoms with Crippen molar-refractivity contribution >= 4 is 11.7 Å². The van der Waals surface area contributed by atoms with Gasteiger partial charge in [0.05, 0.1) is 12.5 Å². The van der Waals surface area contributed by atoms with E-state index in [-0.39, 0.29) is 11.8 Å². The predicted octanol–water partition coefficient (Wildman–Crippen LogP) is 1.05. The van der Waals surface area contributed by atoms with Gasteiger partial charge >= 0.3 is 0 Å². The van der Waals surface area contributed by atoms with Crippen molar-refractivity contribution in [2.75, 3.05) is 31.1 Å². The summed E-state index contributed by atoms with van der Waals surface area (Å²) in [6.45, 7) is 5.79. The zero-order valence-corrected chi connectivity index (χ0v) is 13.4. The minimum absolute atomic E-state index is 0.0713. The van der Waals surface area contributed by atoms with E-state index in [9.17, 15) is 4.79 Å². The van der Waals surface area contributed by atoms with Gasteiger partial charge in [0.25, 0.3) is 0 Å². The molecule has 122 valence electrons. The van der Waals surface area contributed by atoms with Crippen molar-refractivity contribution in [1.29, 1.82) is 0 Å². The molecule has 0 bridgehead atoms. The van der Waals surface area contributed by atoms with Crippen LogP contribution in [0.1, 0.15) is 13.3 Å². The Morgan fingerprint density at radius 3 is 2.87 bits per heavy atom. The summed E-state index contributed by atoms with van der Waals surface area (Å²) in [7, 11) is 0. The SMILES string of the molecule is CC(Cn1cccn1)C(=O)N1CCCN(c2cccnn2)CC1. The third-order valence-corrected chi connectivity index (χ3v) is 4.13. The summed E-state index contributed by atoms with van der Waals surface area (Å²) in [6.07, 6.45) is 6.24. The molecule has 7 heteroatoms. The van der Waals surface area contributed by atoms with Crippen molar-refractivity contribution in [3.63, 3.8) is 0 Å². The van der Waals surface area contributed by atoms with Crippen LogP contribution in [-0.4, -0.2) is 57.0 Å². The van der Waals surface area contributed by atoms with Crippen LogP contribution in [0.5, 0.6) is 0 Å². The molecule has 1 fully saturated rings. The molecule has 23 heavy (non-hydrogen) atoms. The number of hydrogen-bond donors (Lipinski definition) is 0. The molecule has 0 N–H and O–H groups in total. The third kappa shape index (κ3) is 3.85. The van der Waals surface area contributed by atoms with Gasteiger partial charge in [-0.2, -0.15) is 10.2 Å². The van der Waals surface area contributed by atoms with E-state index in [1.54, 1.807) is 12.4 Å². The highest BCUT2D eigenvalue weighted by atomic mass is 16.2. The monoisotopic (exact) mass is 314 g/mol. The molecule has 1 aliphatic heterocycles. The second-order valence-electron chi connectivity index (χ2n) is 5.88. The molecule has 0 saturated carbocycles. The van der Waals surface area contributed by atoms with E-state index in [1.807, 2.05) is 40.9 Å². The number of rotatable bonds is 4. The summed E-state index contributed by atoms with van der Waals surface area (Å²) in [5.41, 5.74) is 0. The average Bonchev–Trinajstić information content (AvgIpc) is 2.96. The van der Waals surface area contributed by atoms with Crippen LogP contribution in [0.15, 0.2) is 36.8 Å². The van der Waals surface area contributed by atoms with E-state index in [0.29, 0.717) is 6.54 Å². The Morgan fingerprint density at radius 2 is 2.13 bits per heavy atom. The Balaban J connectivity index is 1.58. The molecule has 3 rings (SSSR count). The lowest BCUT2D eigenvalue weighted by atomic mass is 10.1. The lowest BCUT2D eigenvalue weighted by molar-refractivity contribution is -0.135. The molecule has 0 aromatic carbocycles. The molecular formula is C16H22N6O. The summed E-state index contributed by atoms with van der Waals surface area (Å²) in [6, 6.07) is 5.73. The van der Waals surface area contributed by atoms with Gasteiger partial charge in [-0.05, 0) is 24.6 Å². The van der Waals surface area contributed by atoms with Crippen LogP contribution < -0.4 is 4.90 Å². The molecule has 7 nitrogen and oxygen atoms in total. The summed E-state index contributed by atoms with van der Waals surface area (Å²) in [5, 5.41) is 12.3. The van der Waals surface area contributed by atoms with Gasteiger partial charge in [-0.25, -0.2) is 0 Å². The first-order valence-electron chi connectivity index (χ1n) is 8.03. The van der Waals surface area contributed by atoms with E-state index in [0.717, 1.165) is 38.4 Å². The van der Waals surface area contributed by atoms with Gasteiger partial charge in [0.1, 0.15) is 0 Å². The maximum atomic E-state index is 12.7. The Kier molecular flexibility index (Phi) is 4.85. The summed E-state index contributed by atoms with van der Waals surface area (Å²) in [5.74, 6) is 1.01. The van der Waals surface area contributed by atoms with E-state index in [4.69, 9.17) is 0 Å². The molecule has 0 aliphatic carbocycles. The molecule has 1 aliphatic rings. The second-order valence-corrected chi connectivity index (χ2v) is 5.88. The molecule has 0 spiro atoms. The van der Waals surface area contributed by atoms with Crippen molar-refractivity contribution < 1.29 is 4.79 Å². The number of amides is 1. The highest BCUT2D eigenvalue weighted by Gasteiger charge is 2.24. The summed E-state index contributed by atoms with van der Waals surface area (Å²) < 4.78 is 1.81. The minimum Gasteiger partial charge on any atom is -0.353 e. The first-order chi connectivity index (χ1) is 11.2. The molecular weight excluding hydrogens is 292 g/mol. The molecule has 3 heterocycles. The van der Waals surface area contributed by atoms with Gasteiger partial charge < -0.3 is 9.80 Å². The molecule has 1 atom stereocenters. The molecule has 1 amide bonds. The molecule has 2 aromatic heterocycles. The van der Waals surface area contributed by atoms with Crippen molar-refractivity contribution in [3.8, 4) is 0 Å². The van der Waals surface area contributed by atoms with E-state index in [1.165, 1.54) is 0 Å². The fraction of sp³-hybridized carbons (Fsp3) is 0.500. The standard InChI is InChI=1S/C16H22N6O/c1-14(13-22-10-3-7-18-22)16(23)21-9-4-8-20(11-12-21)15-5-2-6-17-19-15/h2-3,5-7,10,14H,4,8-9,11-13H2,1H3. The number of hydrogen-bond acceptors (Lipinski definition) is 5.